The molecule has 0 saturated carbocycles. The number of ether oxygens (including phenoxy) is 2. The topological polar surface area (TPSA) is 63.7 Å². The molecule has 3 heterocycles. The number of amides is 1. The minimum atomic E-state index is -0.117. The summed E-state index contributed by atoms with van der Waals surface area (Å²) in [7, 11) is 0. The van der Waals surface area contributed by atoms with E-state index in [1.165, 1.54) is 0 Å². The van der Waals surface area contributed by atoms with Crippen molar-refractivity contribution in [1.82, 2.24) is 15.2 Å². The first-order valence-corrected chi connectivity index (χ1v) is 7.95. The Kier molecular flexibility index (Phi) is 4.90. The lowest BCUT2D eigenvalue weighted by Gasteiger charge is -2.29. The van der Waals surface area contributed by atoms with Crippen molar-refractivity contribution >= 4 is 5.91 Å². The summed E-state index contributed by atoms with van der Waals surface area (Å²) in [6.07, 6.45) is 3.60. The van der Waals surface area contributed by atoms with Gasteiger partial charge in [0, 0.05) is 25.7 Å². The molecule has 1 saturated heterocycles. The van der Waals surface area contributed by atoms with Crippen LogP contribution in [0.1, 0.15) is 29.4 Å². The lowest BCUT2D eigenvalue weighted by molar-refractivity contribution is 0.0342. The van der Waals surface area contributed by atoms with Crippen LogP contribution in [0.2, 0.25) is 0 Å². The van der Waals surface area contributed by atoms with E-state index in [4.69, 9.17) is 9.47 Å². The van der Waals surface area contributed by atoms with Crippen LogP contribution in [-0.2, 0) is 11.2 Å². The maximum absolute atomic E-state index is 12.3. The molecular formula is C16H23N3O3. The monoisotopic (exact) mass is 305 g/mol. The number of nitrogens with one attached hydrogen (secondary N) is 1. The van der Waals surface area contributed by atoms with Gasteiger partial charge in [-0.05, 0) is 31.4 Å². The average molecular weight is 305 g/mol. The summed E-state index contributed by atoms with van der Waals surface area (Å²) in [5.41, 5.74) is 1.55. The standard InChI is InChI=1S/C16H23N3O3/c1-12(11-19-4-7-21-8-5-19)18-16(20)14-9-13-3-2-6-22-15(13)10-17-14/h9-10,12H,2-8,11H2,1H3,(H,18,20). The van der Waals surface area contributed by atoms with Gasteiger partial charge >= 0.3 is 0 Å². The van der Waals surface area contributed by atoms with E-state index in [0.717, 1.165) is 63.6 Å². The molecule has 1 atom stereocenters. The van der Waals surface area contributed by atoms with Crippen LogP contribution in [0.4, 0.5) is 0 Å². The van der Waals surface area contributed by atoms with Crippen LogP contribution in [0.25, 0.3) is 0 Å². The zero-order chi connectivity index (χ0) is 15.4. The number of aromatic nitrogens is 1. The quantitative estimate of drug-likeness (QED) is 0.894. The van der Waals surface area contributed by atoms with Crippen molar-refractivity contribution in [1.29, 1.82) is 0 Å². The third-order valence-corrected chi connectivity index (χ3v) is 4.04. The highest BCUT2D eigenvalue weighted by Gasteiger charge is 2.18. The number of hydrogen-bond donors (Lipinski definition) is 1. The van der Waals surface area contributed by atoms with E-state index < -0.39 is 0 Å². The second-order valence-electron chi connectivity index (χ2n) is 5.92. The molecule has 3 rings (SSSR count). The van der Waals surface area contributed by atoms with Gasteiger partial charge in [0.15, 0.2) is 0 Å². The Labute approximate surface area is 130 Å². The summed E-state index contributed by atoms with van der Waals surface area (Å²) in [6, 6.07) is 1.94. The number of morpholine rings is 1. The molecule has 0 spiro atoms. The van der Waals surface area contributed by atoms with Crippen molar-refractivity contribution in [2.45, 2.75) is 25.8 Å². The van der Waals surface area contributed by atoms with E-state index in [1.807, 2.05) is 13.0 Å². The third kappa shape index (κ3) is 3.75. The Morgan fingerprint density at radius 3 is 3.05 bits per heavy atom. The number of carbonyl (C=O) groups is 1. The summed E-state index contributed by atoms with van der Waals surface area (Å²) in [5, 5.41) is 3.03. The molecule has 1 amide bonds. The van der Waals surface area contributed by atoms with Crippen molar-refractivity contribution in [3.63, 3.8) is 0 Å². The first kappa shape index (κ1) is 15.2. The molecule has 2 aliphatic heterocycles. The van der Waals surface area contributed by atoms with Gasteiger partial charge in [0.25, 0.3) is 5.91 Å². The Hall–Kier alpha value is -1.66. The highest BCUT2D eigenvalue weighted by Crippen LogP contribution is 2.23. The molecule has 120 valence electrons. The molecule has 1 unspecified atom stereocenters. The number of pyridine rings is 1. The van der Waals surface area contributed by atoms with Gasteiger partial charge in [-0.2, -0.15) is 0 Å². The van der Waals surface area contributed by atoms with Gasteiger partial charge in [0.1, 0.15) is 11.4 Å². The normalized spacial score (nSPS) is 19.9. The molecular weight excluding hydrogens is 282 g/mol. The van der Waals surface area contributed by atoms with Crippen molar-refractivity contribution < 1.29 is 14.3 Å². The number of carbonyl (C=O) groups excluding carboxylic acids is 1. The molecule has 1 fully saturated rings. The molecule has 0 aliphatic carbocycles. The smallest absolute Gasteiger partial charge is 0.270 e. The second-order valence-corrected chi connectivity index (χ2v) is 5.92. The van der Waals surface area contributed by atoms with Gasteiger partial charge in [0.2, 0.25) is 0 Å². The Morgan fingerprint density at radius 1 is 1.41 bits per heavy atom. The van der Waals surface area contributed by atoms with Crippen molar-refractivity contribution in [2.24, 2.45) is 0 Å². The maximum atomic E-state index is 12.3. The second kappa shape index (κ2) is 7.07. The molecule has 2 aliphatic rings. The molecule has 22 heavy (non-hydrogen) atoms. The molecule has 6 heteroatoms. The fourth-order valence-corrected chi connectivity index (χ4v) is 2.89. The van der Waals surface area contributed by atoms with Crippen LogP contribution >= 0.6 is 0 Å². The van der Waals surface area contributed by atoms with Crippen molar-refractivity contribution in [3.8, 4) is 5.75 Å². The van der Waals surface area contributed by atoms with Crippen LogP contribution in [0.3, 0.4) is 0 Å². The first-order valence-electron chi connectivity index (χ1n) is 7.95. The average Bonchev–Trinajstić information content (AvgIpc) is 2.55. The lowest BCUT2D eigenvalue weighted by Crippen LogP contribution is -2.46. The van der Waals surface area contributed by atoms with E-state index in [0.29, 0.717) is 5.69 Å². The van der Waals surface area contributed by atoms with Gasteiger partial charge in [0.05, 0.1) is 26.0 Å². The van der Waals surface area contributed by atoms with Gasteiger partial charge in [-0.3, -0.25) is 9.69 Å². The van der Waals surface area contributed by atoms with E-state index in [1.54, 1.807) is 6.20 Å². The number of rotatable bonds is 4. The van der Waals surface area contributed by atoms with Gasteiger partial charge in [-0.15, -0.1) is 0 Å². The van der Waals surface area contributed by atoms with E-state index in [9.17, 15) is 4.79 Å². The molecule has 0 radical (unpaired) electrons. The number of aryl methyl sites for hydroxylation is 1. The molecule has 6 nitrogen and oxygen atoms in total. The zero-order valence-electron chi connectivity index (χ0n) is 13.0. The van der Waals surface area contributed by atoms with Crippen LogP contribution in [0.15, 0.2) is 12.3 Å². The molecule has 1 aromatic rings. The fourth-order valence-electron chi connectivity index (χ4n) is 2.89. The number of nitrogens with zero attached hydrogens (tertiary/aromatic N) is 2. The first-order chi connectivity index (χ1) is 10.7. The molecule has 1 N–H and O–H groups in total. The van der Waals surface area contributed by atoms with Gasteiger partial charge < -0.3 is 14.8 Å². The van der Waals surface area contributed by atoms with E-state index in [-0.39, 0.29) is 11.9 Å². The predicted octanol–water partition coefficient (Wildman–Crippen LogP) is 0.857. The van der Waals surface area contributed by atoms with Gasteiger partial charge in [-0.25, -0.2) is 4.98 Å². The highest BCUT2D eigenvalue weighted by molar-refractivity contribution is 5.92. The summed E-state index contributed by atoms with van der Waals surface area (Å²) < 4.78 is 10.9. The Bertz CT molecular complexity index is 529. The third-order valence-electron chi connectivity index (χ3n) is 4.04. The summed E-state index contributed by atoms with van der Waals surface area (Å²) in [5.74, 6) is 0.693. The van der Waals surface area contributed by atoms with E-state index in [2.05, 4.69) is 15.2 Å². The van der Waals surface area contributed by atoms with Crippen LogP contribution in [-0.4, -0.2) is 61.3 Å². The highest BCUT2D eigenvalue weighted by atomic mass is 16.5. The van der Waals surface area contributed by atoms with Crippen molar-refractivity contribution in [2.75, 3.05) is 39.5 Å². The molecule has 0 aromatic carbocycles. The summed E-state index contributed by atoms with van der Waals surface area (Å²) >= 11 is 0. The maximum Gasteiger partial charge on any atom is 0.270 e. The summed E-state index contributed by atoms with van der Waals surface area (Å²) in [4.78, 5) is 18.9. The molecule has 1 aromatic heterocycles. The van der Waals surface area contributed by atoms with E-state index >= 15 is 0 Å². The molecule has 0 bridgehead atoms. The van der Waals surface area contributed by atoms with Crippen LogP contribution in [0.5, 0.6) is 5.75 Å². The Balaban J connectivity index is 1.56. The fraction of sp³-hybridized carbons (Fsp3) is 0.625. The summed E-state index contributed by atoms with van der Waals surface area (Å²) in [6.45, 7) is 6.98. The lowest BCUT2D eigenvalue weighted by atomic mass is 10.1. The largest absolute Gasteiger partial charge is 0.492 e. The number of hydrogen-bond acceptors (Lipinski definition) is 5. The minimum absolute atomic E-state index is 0.0830. The minimum Gasteiger partial charge on any atom is -0.492 e. The SMILES string of the molecule is CC(CN1CCOCC1)NC(=O)c1cc2c(cn1)OCCC2. The number of fused-ring (bicyclic) bond motifs is 1. The van der Waals surface area contributed by atoms with Gasteiger partial charge in [-0.1, -0.05) is 0 Å². The predicted molar refractivity (Wildman–Crippen MR) is 82.2 cm³/mol. The van der Waals surface area contributed by atoms with Crippen LogP contribution < -0.4 is 10.1 Å². The van der Waals surface area contributed by atoms with Crippen LogP contribution in [0, 0.1) is 0 Å². The Morgan fingerprint density at radius 2 is 2.23 bits per heavy atom. The zero-order valence-corrected chi connectivity index (χ0v) is 13.0. The van der Waals surface area contributed by atoms with Crippen molar-refractivity contribution in [3.05, 3.63) is 23.5 Å².